The lowest BCUT2D eigenvalue weighted by molar-refractivity contribution is -0.121. The molecule has 0 fully saturated rings. The van der Waals surface area contributed by atoms with Gasteiger partial charge in [-0.25, -0.2) is 9.59 Å². The highest BCUT2D eigenvalue weighted by Crippen LogP contribution is 2.28. The molecular weight excluding hydrogens is 1220 g/mol. The minimum absolute atomic E-state index is 0.000115. The first kappa shape index (κ1) is 64.4. The zero-order valence-electron chi connectivity index (χ0n) is 48.5. The summed E-state index contributed by atoms with van der Waals surface area (Å²) in [6, 6.07) is 23.3. The smallest absolute Gasteiger partial charge is 0.412 e. The number of aliphatic hydroxyl groups excluding tert-OH is 1. The number of carbonyl (C=O) groups is 3. The molecule has 0 radical (unpaired) electrons. The number of unbranched alkanes of at least 4 members (excludes halogenated alkanes) is 8. The molecule has 3 amide bonds. The topological polar surface area (TPSA) is 135 Å². The summed E-state index contributed by atoms with van der Waals surface area (Å²) in [5.41, 5.74) is 10.5. The van der Waals surface area contributed by atoms with E-state index in [-0.39, 0.29) is 25.7 Å². The van der Waals surface area contributed by atoms with Gasteiger partial charge >= 0.3 is 12.2 Å². The Morgan fingerprint density at radius 3 is 1.29 bits per heavy atom. The van der Waals surface area contributed by atoms with Crippen LogP contribution in [0.4, 0.5) is 21.0 Å². The van der Waals surface area contributed by atoms with Gasteiger partial charge in [0.2, 0.25) is 5.91 Å². The third kappa shape index (κ3) is 23.0. The van der Waals surface area contributed by atoms with Crippen molar-refractivity contribution in [2.75, 3.05) is 23.8 Å². The zero-order valence-corrected chi connectivity index (χ0v) is 52.8. The first-order valence-corrected chi connectivity index (χ1v) is 29.7. The predicted octanol–water partition coefficient (Wildman–Crippen LogP) is 15.7. The van der Waals surface area contributed by atoms with Gasteiger partial charge in [-0.3, -0.25) is 15.4 Å². The molecule has 0 aliphatic rings. The maximum Gasteiger partial charge on any atom is 0.412 e. The standard InChI is InChI=1S/C68H77I2N3O7/c1-12-13-14-15-16-17-18-19-20-22-63(75)71-45-52-37-57(29-27-55-35-46(2)53(33-48(55)4)25-23-50-39-59(69)43-61(41-50)72-65(76)79-67(6,7)8)64(78-32-21-31-74)58(38-52)30-28-56-36-47(3)54(34-49(56)5)26-24-51-40-60(70)44-62(42-51)73-66(77)80-68(9,10)11/h33-44,74H,12-22,31-32,45H2,1-11H3,(H,71,75)(H,72,76)(H,73,77). The molecule has 12 heteroatoms. The summed E-state index contributed by atoms with van der Waals surface area (Å²) >= 11 is 4.42. The first-order valence-electron chi connectivity index (χ1n) is 27.6. The van der Waals surface area contributed by atoms with Crippen LogP contribution in [0.15, 0.2) is 72.8 Å². The number of aryl methyl sites for hydroxylation is 4. The monoisotopic (exact) mass is 1300 g/mol. The van der Waals surface area contributed by atoms with Crippen molar-refractivity contribution < 1.29 is 33.7 Å². The minimum atomic E-state index is -0.627. The van der Waals surface area contributed by atoms with Crippen LogP contribution < -0.4 is 20.7 Å². The molecule has 10 nitrogen and oxygen atoms in total. The number of rotatable bonds is 18. The number of nitrogens with one attached hydrogen (secondary N) is 3. The predicted molar refractivity (Wildman–Crippen MR) is 341 cm³/mol. The Bertz CT molecular complexity index is 3090. The van der Waals surface area contributed by atoms with Crippen LogP contribution >= 0.6 is 45.2 Å². The van der Waals surface area contributed by atoms with Crippen LogP contribution in [0.25, 0.3) is 0 Å². The number of halogens is 2. The fraction of sp³-hybridized carbons (Fsp3) is 0.397. The minimum Gasteiger partial charge on any atom is -0.491 e. The Kier molecular flexibility index (Phi) is 25.4. The number of aliphatic hydroxyl groups is 1. The molecule has 0 unspecified atom stereocenters. The summed E-state index contributed by atoms with van der Waals surface area (Å²) in [6.07, 6.45) is 10.4. The van der Waals surface area contributed by atoms with Gasteiger partial charge in [-0.05, 0) is 221 Å². The van der Waals surface area contributed by atoms with Gasteiger partial charge in [0.05, 0.1) is 17.7 Å². The second-order valence-corrected chi connectivity index (χ2v) is 24.5. The molecule has 0 aliphatic heterocycles. The van der Waals surface area contributed by atoms with E-state index in [1.807, 2.05) is 142 Å². The summed E-state index contributed by atoms with van der Waals surface area (Å²) in [7, 11) is 0. The molecule has 5 aromatic carbocycles. The molecule has 420 valence electrons. The van der Waals surface area contributed by atoms with Gasteiger partial charge in [-0.15, -0.1) is 0 Å². The molecule has 0 bridgehead atoms. The van der Waals surface area contributed by atoms with Gasteiger partial charge in [0.25, 0.3) is 0 Å². The SMILES string of the molecule is CCCCCCCCCCCC(=O)NCc1cc(C#Cc2cc(C)c(C#Cc3cc(I)cc(NC(=O)OC(C)(C)C)c3)cc2C)c(OCCCO)c(C#Cc2cc(C)c(C#Cc3cc(I)cc(NC(=O)OC(C)(C)C)c3)cc2C)c1. The van der Waals surface area contributed by atoms with Crippen LogP contribution in [-0.2, 0) is 20.8 Å². The largest absolute Gasteiger partial charge is 0.491 e. The Labute approximate surface area is 503 Å². The summed E-state index contributed by atoms with van der Waals surface area (Å²) in [4.78, 5) is 38.3. The van der Waals surface area contributed by atoms with Crippen LogP contribution in [0.3, 0.4) is 0 Å². The summed E-state index contributed by atoms with van der Waals surface area (Å²) < 4.78 is 19.2. The van der Waals surface area contributed by atoms with Crippen molar-refractivity contribution in [3.8, 4) is 53.1 Å². The fourth-order valence-corrected chi connectivity index (χ4v) is 9.63. The van der Waals surface area contributed by atoms with Crippen LogP contribution in [0.5, 0.6) is 5.75 Å². The van der Waals surface area contributed by atoms with Crippen molar-refractivity contribution in [1.82, 2.24) is 5.32 Å². The van der Waals surface area contributed by atoms with Gasteiger partial charge in [-0.2, -0.15) is 0 Å². The van der Waals surface area contributed by atoms with Crippen LogP contribution in [-0.4, -0.2) is 47.6 Å². The molecule has 0 saturated carbocycles. The normalized spacial score (nSPS) is 10.8. The van der Waals surface area contributed by atoms with E-state index in [1.54, 1.807) is 0 Å². The molecule has 0 spiro atoms. The summed E-state index contributed by atoms with van der Waals surface area (Å²) in [5, 5.41) is 18.6. The zero-order chi connectivity index (χ0) is 58.4. The van der Waals surface area contributed by atoms with E-state index < -0.39 is 23.4 Å². The third-order valence-corrected chi connectivity index (χ3v) is 13.5. The molecule has 5 rings (SSSR count). The summed E-state index contributed by atoms with van der Waals surface area (Å²) in [5.74, 6) is 27.4. The average Bonchev–Trinajstić information content (AvgIpc) is 3.40. The number of ether oxygens (including phenoxy) is 3. The number of carbonyl (C=O) groups excluding carboxylic acids is 3. The van der Waals surface area contributed by atoms with Crippen LogP contribution in [0.1, 0.15) is 191 Å². The molecule has 0 aromatic heterocycles. The highest BCUT2D eigenvalue weighted by molar-refractivity contribution is 14.1. The molecule has 0 heterocycles. The van der Waals surface area contributed by atoms with Gasteiger partial charge in [-0.1, -0.05) is 106 Å². The van der Waals surface area contributed by atoms with Crippen molar-refractivity contribution in [2.45, 2.75) is 165 Å². The van der Waals surface area contributed by atoms with E-state index in [4.69, 9.17) is 14.2 Å². The lowest BCUT2D eigenvalue weighted by Crippen LogP contribution is -2.27. The van der Waals surface area contributed by atoms with E-state index in [0.29, 0.717) is 41.1 Å². The quantitative estimate of drug-likeness (QED) is 0.0390. The van der Waals surface area contributed by atoms with Crippen molar-refractivity contribution in [3.63, 3.8) is 0 Å². The second kappa shape index (κ2) is 31.5. The molecule has 0 aliphatic carbocycles. The molecule has 4 N–H and O–H groups in total. The Hall–Kier alpha value is -6.43. The van der Waals surface area contributed by atoms with Crippen LogP contribution in [0, 0.1) is 82.2 Å². The van der Waals surface area contributed by atoms with Gasteiger partial charge in [0.15, 0.2) is 5.75 Å². The lowest BCUT2D eigenvalue weighted by Gasteiger charge is -2.19. The van der Waals surface area contributed by atoms with E-state index >= 15 is 0 Å². The average molecular weight is 1300 g/mol. The Morgan fingerprint density at radius 2 is 0.887 bits per heavy atom. The fourth-order valence-electron chi connectivity index (χ4n) is 8.29. The third-order valence-electron chi connectivity index (χ3n) is 12.3. The number of hydrogen-bond donors (Lipinski definition) is 4. The number of amides is 3. The maximum absolute atomic E-state index is 13.2. The highest BCUT2D eigenvalue weighted by Gasteiger charge is 2.19. The van der Waals surface area contributed by atoms with E-state index in [0.717, 1.165) is 87.6 Å². The number of hydrogen-bond acceptors (Lipinski definition) is 7. The molecule has 0 atom stereocenters. The van der Waals surface area contributed by atoms with Crippen molar-refractivity contribution in [3.05, 3.63) is 152 Å². The Balaban J connectivity index is 1.48. The summed E-state index contributed by atoms with van der Waals surface area (Å²) in [6.45, 7) is 21.7. The maximum atomic E-state index is 13.2. The number of anilines is 2. The van der Waals surface area contributed by atoms with Crippen molar-refractivity contribution in [2.24, 2.45) is 0 Å². The van der Waals surface area contributed by atoms with E-state index in [2.05, 4.69) is 115 Å². The molecular formula is C68H77I2N3O7. The Morgan fingerprint density at radius 1 is 0.500 bits per heavy atom. The molecule has 0 saturated heterocycles. The molecule has 5 aromatic rings. The first-order chi connectivity index (χ1) is 38.0. The molecule has 80 heavy (non-hydrogen) atoms. The van der Waals surface area contributed by atoms with Crippen molar-refractivity contribution in [1.29, 1.82) is 0 Å². The number of benzene rings is 5. The lowest BCUT2D eigenvalue weighted by atomic mass is 9.98. The van der Waals surface area contributed by atoms with Crippen LogP contribution in [0.2, 0.25) is 0 Å². The highest BCUT2D eigenvalue weighted by atomic mass is 127. The van der Waals surface area contributed by atoms with Gasteiger partial charge in [0.1, 0.15) is 11.2 Å². The van der Waals surface area contributed by atoms with Crippen molar-refractivity contribution >= 4 is 74.7 Å². The van der Waals surface area contributed by atoms with E-state index in [9.17, 15) is 19.5 Å². The van der Waals surface area contributed by atoms with Gasteiger partial charge in [0, 0.05) is 77.9 Å². The second-order valence-electron chi connectivity index (χ2n) is 22.0. The van der Waals surface area contributed by atoms with E-state index in [1.165, 1.54) is 38.5 Å². The van der Waals surface area contributed by atoms with Gasteiger partial charge < -0.3 is 24.6 Å².